The second-order valence-corrected chi connectivity index (χ2v) is 8.29. The Labute approximate surface area is 199 Å². The van der Waals surface area contributed by atoms with Gasteiger partial charge < -0.3 is 14.5 Å². The van der Waals surface area contributed by atoms with E-state index in [0.29, 0.717) is 39.8 Å². The zero-order chi connectivity index (χ0) is 23.5. The molecule has 0 saturated heterocycles. The Morgan fingerprint density at radius 1 is 1.15 bits per heavy atom. The summed E-state index contributed by atoms with van der Waals surface area (Å²) in [5, 5.41) is 18.0. The van der Waals surface area contributed by atoms with Crippen molar-refractivity contribution >= 4 is 44.3 Å². The lowest BCUT2D eigenvalue weighted by atomic mass is 10.0. The van der Waals surface area contributed by atoms with Gasteiger partial charge in [-0.25, -0.2) is 9.78 Å². The maximum absolute atomic E-state index is 12.7. The molecule has 0 aliphatic heterocycles. The number of nitriles is 1. The molecule has 34 heavy (non-hydrogen) atoms. The van der Waals surface area contributed by atoms with Gasteiger partial charge in [-0.3, -0.25) is 0 Å². The van der Waals surface area contributed by atoms with Crippen LogP contribution in [0.3, 0.4) is 0 Å². The van der Waals surface area contributed by atoms with Crippen molar-refractivity contribution in [3.63, 3.8) is 0 Å². The number of hydrogen-bond donors (Lipinski definition) is 1. The molecule has 0 atom stereocenters. The summed E-state index contributed by atoms with van der Waals surface area (Å²) in [4.78, 5) is 17.3. The number of allylic oxidation sites excluding steroid dienone is 1. The van der Waals surface area contributed by atoms with Gasteiger partial charge >= 0.3 is 5.63 Å². The highest BCUT2D eigenvalue weighted by Gasteiger charge is 2.15. The number of nitrogens with zero attached hydrogens (tertiary/aromatic N) is 2. The van der Waals surface area contributed by atoms with Crippen LogP contribution in [0.15, 0.2) is 87.5 Å². The summed E-state index contributed by atoms with van der Waals surface area (Å²) < 4.78 is 11.2. The van der Waals surface area contributed by atoms with E-state index in [0.717, 1.165) is 21.8 Å². The van der Waals surface area contributed by atoms with Crippen molar-refractivity contribution in [1.29, 1.82) is 5.26 Å². The van der Waals surface area contributed by atoms with Gasteiger partial charge in [-0.2, -0.15) is 5.26 Å². The third kappa shape index (κ3) is 4.03. The van der Waals surface area contributed by atoms with E-state index < -0.39 is 5.63 Å². The molecule has 5 rings (SSSR count). The van der Waals surface area contributed by atoms with Gasteiger partial charge in [0, 0.05) is 17.0 Å². The number of thiazole rings is 1. The van der Waals surface area contributed by atoms with Crippen molar-refractivity contribution < 1.29 is 9.15 Å². The van der Waals surface area contributed by atoms with Gasteiger partial charge in [-0.15, -0.1) is 11.3 Å². The Morgan fingerprint density at radius 3 is 2.82 bits per heavy atom. The predicted molar refractivity (Wildman–Crippen MR) is 136 cm³/mol. The summed E-state index contributed by atoms with van der Waals surface area (Å²) in [6.45, 7) is 2.45. The number of aromatic nitrogens is 1. The first kappa shape index (κ1) is 21.4. The standard InChI is InChI=1S/C27H19N3O3S/c1-2-32-25-10-6-5-9-22(25)29-15-18(14-28)26-30-23(16-34-26)21-13-20-19-8-4-3-7-17(19)11-12-24(20)33-27(21)31/h3-13,15-16,29H,2H2,1H3/b18-15-. The molecule has 3 aromatic carbocycles. The minimum atomic E-state index is -0.467. The van der Waals surface area contributed by atoms with Crippen molar-refractivity contribution in [3.8, 4) is 23.1 Å². The summed E-state index contributed by atoms with van der Waals surface area (Å²) >= 11 is 1.29. The molecule has 0 aliphatic carbocycles. The summed E-state index contributed by atoms with van der Waals surface area (Å²) in [5.74, 6) is 0.694. The molecule has 0 saturated carbocycles. The zero-order valence-electron chi connectivity index (χ0n) is 18.2. The first-order chi connectivity index (χ1) is 16.7. The molecule has 0 aliphatic rings. The van der Waals surface area contributed by atoms with Gasteiger partial charge in [0.05, 0.1) is 23.6 Å². The van der Waals surface area contributed by atoms with Crippen molar-refractivity contribution in [3.05, 3.63) is 93.7 Å². The highest BCUT2D eigenvalue weighted by Crippen LogP contribution is 2.30. The van der Waals surface area contributed by atoms with Crippen LogP contribution in [0.2, 0.25) is 0 Å². The van der Waals surface area contributed by atoms with Crippen LogP contribution in [-0.2, 0) is 0 Å². The third-order valence-electron chi connectivity index (χ3n) is 5.33. The van der Waals surface area contributed by atoms with E-state index in [2.05, 4.69) is 16.4 Å². The average Bonchev–Trinajstić information content (AvgIpc) is 3.35. The maximum atomic E-state index is 12.7. The van der Waals surface area contributed by atoms with Crippen LogP contribution in [0.4, 0.5) is 5.69 Å². The minimum absolute atomic E-state index is 0.346. The average molecular weight is 466 g/mol. The first-order valence-corrected chi connectivity index (χ1v) is 11.6. The van der Waals surface area contributed by atoms with Crippen LogP contribution >= 0.6 is 11.3 Å². The number of hydrogen-bond acceptors (Lipinski definition) is 7. The van der Waals surface area contributed by atoms with Crippen LogP contribution in [0.5, 0.6) is 5.75 Å². The molecule has 6 nitrogen and oxygen atoms in total. The van der Waals surface area contributed by atoms with E-state index in [4.69, 9.17) is 9.15 Å². The number of ether oxygens (including phenoxy) is 1. The number of benzene rings is 3. The molecule has 0 spiro atoms. The molecule has 2 aromatic heterocycles. The quantitative estimate of drug-likeness (QED) is 0.176. The van der Waals surface area contributed by atoms with Gasteiger partial charge in [-0.1, -0.05) is 42.5 Å². The minimum Gasteiger partial charge on any atom is -0.492 e. The summed E-state index contributed by atoms with van der Waals surface area (Å²) in [6, 6.07) is 23.2. The molecular formula is C27H19N3O3S. The SMILES string of the molecule is CCOc1ccccc1N/C=C(/C#N)c1nc(-c2cc3c(ccc4ccccc43)oc2=O)cs1. The summed E-state index contributed by atoms with van der Waals surface area (Å²) in [7, 11) is 0. The molecular weight excluding hydrogens is 446 g/mol. The van der Waals surface area contributed by atoms with Crippen LogP contribution in [0, 0.1) is 11.3 Å². The number of para-hydroxylation sites is 2. The van der Waals surface area contributed by atoms with Crippen molar-refractivity contribution in [2.24, 2.45) is 0 Å². The van der Waals surface area contributed by atoms with Gasteiger partial charge in [0.25, 0.3) is 0 Å². The first-order valence-electron chi connectivity index (χ1n) is 10.7. The molecule has 1 N–H and O–H groups in total. The Morgan fingerprint density at radius 2 is 1.97 bits per heavy atom. The predicted octanol–water partition coefficient (Wildman–Crippen LogP) is 6.44. The summed E-state index contributed by atoms with van der Waals surface area (Å²) in [6.07, 6.45) is 1.59. The van der Waals surface area contributed by atoms with Crippen LogP contribution in [-0.4, -0.2) is 11.6 Å². The lowest BCUT2D eigenvalue weighted by molar-refractivity contribution is 0.342. The van der Waals surface area contributed by atoms with Crippen molar-refractivity contribution in [2.75, 3.05) is 11.9 Å². The lowest BCUT2D eigenvalue weighted by Gasteiger charge is -2.09. The highest BCUT2D eigenvalue weighted by molar-refractivity contribution is 7.11. The molecule has 7 heteroatoms. The van der Waals surface area contributed by atoms with Gasteiger partial charge in [0.1, 0.15) is 28.0 Å². The number of nitrogens with one attached hydrogen (secondary N) is 1. The fourth-order valence-electron chi connectivity index (χ4n) is 3.73. The Hall–Kier alpha value is -4.41. The number of anilines is 1. The largest absolute Gasteiger partial charge is 0.492 e. The fraction of sp³-hybridized carbons (Fsp3) is 0.0741. The molecule has 5 aromatic rings. The van der Waals surface area contributed by atoms with Gasteiger partial charge in [0.15, 0.2) is 0 Å². The Kier molecular flexibility index (Phi) is 5.81. The third-order valence-corrected chi connectivity index (χ3v) is 6.21. The van der Waals surface area contributed by atoms with E-state index in [1.54, 1.807) is 17.6 Å². The summed E-state index contributed by atoms with van der Waals surface area (Å²) in [5.41, 5.74) is 1.98. The Bertz CT molecular complexity index is 1640. The zero-order valence-corrected chi connectivity index (χ0v) is 19.1. The molecule has 0 fully saturated rings. The monoisotopic (exact) mass is 465 g/mol. The number of rotatable bonds is 6. The van der Waals surface area contributed by atoms with Crippen molar-refractivity contribution in [1.82, 2.24) is 4.98 Å². The molecule has 0 amide bonds. The topological polar surface area (TPSA) is 88.2 Å². The van der Waals surface area contributed by atoms with Crippen LogP contribution < -0.4 is 15.7 Å². The molecule has 2 heterocycles. The second-order valence-electron chi connectivity index (χ2n) is 7.43. The molecule has 0 unspecified atom stereocenters. The van der Waals surface area contributed by atoms with Crippen molar-refractivity contribution in [2.45, 2.75) is 6.92 Å². The van der Waals surface area contributed by atoms with E-state index >= 15 is 0 Å². The Balaban J connectivity index is 1.51. The van der Waals surface area contributed by atoms with E-state index in [-0.39, 0.29) is 0 Å². The van der Waals surface area contributed by atoms with Gasteiger partial charge in [-0.05, 0) is 42.0 Å². The molecule has 166 valence electrons. The van der Waals surface area contributed by atoms with E-state index in [9.17, 15) is 10.1 Å². The van der Waals surface area contributed by atoms with E-state index in [1.807, 2.05) is 67.6 Å². The van der Waals surface area contributed by atoms with Gasteiger partial charge in [0.2, 0.25) is 0 Å². The van der Waals surface area contributed by atoms with Crippen LogP contribution in [0.25, 0.3) is 38.6 Å². The second kappa shape index (κ2) is 9.22. The lowest BCUT2D eigenvalue weighted by Crippen LogP contribution is -2.03. The molecule has 0 bridgehead atoms. The molecule has 0 radical (unpaired) electrons. The fourth-order valence-corrected chi connectivity index (χ4v) is 4.52. The number of fused-ring (bicyclic) bond motifs is 3. The smallest absolute Gasteiger partial charge is 0.345 e. The highest BCUT2D eigenvalue weighted by atomic mass is 32.1. The normalized spacial score (nSPS) is 11.5. The van der Waals surface area contributed by atoms with Crippen LogP contribution in [0.1, 0.15) is 11.9 Å². The van der Waals surface area contributed by atoms with E-state index in [1.165, 1.54) is 11.3 Å². The maximum Gasteiger partial charge on any atom is 0.345 e.